The number of aromatic nitrogens is 1. The summed E-state index contributed by atoms with van der Waals surface area (Å²) in [5.74, 6) is -0.186. The molecule has 0 amide bonds. The lowest BCUT2D eigenvalue weighted by Crippen LogP contribution is -2.17. The molecule has 0 fully saturated rings. The van der Waals surface area contributed by atoms with Crippen LogP contribution < -0.4 is 9.64 Å². The maximum atomic E-state index is 10.9. The zero-order valence-corrected chi connectivity index (χ0v) is 10.9. The number of rotatable bonds is 2. The third-order valence-corrected chi connectivity index (χ3v) is 3.75. The highest BCUT2D eigenvalue weighted by atomic mass is 32.1. The van der Waals surface area contributed by atoms with Crippen LogP contribution in [0.2, 0.25) is 0 Å². The van der Waals surface area contributed by atoms with Gasteiger partial charge in [-0.2, -0.15) is 0 Å². The Bertz CT molecular complexity index is 611. The molecule has 0 aliphatic carbocycles. The van der Waals surface area contributed by atoms with Gasteiger partial charge in [-0.25, -0.2) is 9.78 Å². The van der Waals surface area contributed by atoms with Crippen LogP contribution in [0.25, 0.3) is 0 Å². The van der Waals surface area contributed by atoms with Gasteiger partial charge in [0.2, 0.25) is 0 Å². The number of carboxylic acid groups (broad SMARTS) is 1. The minimum Gasteiger partial charge on any atom is -0.491 e. The van der Waals surface area contributed by atoms with E-state index in [1.165, 1.54) is 11.3 Å². The van der Waals surface area contributed by atoms with Crippen molar-refractivity contribution in [3.8, 4) is 5.75 Å². The molecule has 0 saturated heterocycles. The monoisotopic (exact) mass is 276 g/mol. The smallest absolute Gasteiger partial charge is 0.355 e. The molecule has 0 bridgehead atoms. The Balaban J connectivity index is 2.01. The summed E-state index contributed by atoms with van der Waals surface area (Å²) < 4.78 is 5.67. The van der Waals surface area contributed by atoms with Crippen molar-refractivity contribution in [2.24, 2.45) is 0 Å². The summed E-state index contributed by atoms with van der Waals surface area (Å²) in [6, 6.07) is 7.74. The standard InChI is InChI=1S/C13H12N2O3S/c16-12(17)9-8-19-13(14-9)15-6-3-7-18-11-5-2-1-4-10(11)15/h1-2,4-5,8H,3,6-7H2,(H,16,17). The fourth-order valence-corrected chi connectivity index (χ4v) is 2.85. The SMILES string of the molecule is O=C(O)c1csc(N2CCCOc3ccccc32)n1. The van der Waals surface area contributed by atoms with Crippen LogP contribution in [0.15, 0.2) is 29.6 Å². The third-order valence-electron chi connectivity index (χ3n) is 2.88. The van der Waals surface area contributed by atoms with Crippen molar-refractivity contribution in [1.82, 2.24) is 4.98 Å². The molecule has 0 radical (unpaired) electrons. The van der Waals surface area contributed by atoms with E-state index >= 15 is 0 Å². The van der Waals surface area contributed by atoms with E-state index in [1.54, 1.807) is 5.38 Å². The number of carboxylic acids is 1. The molecule has 98 valence electrons. The second-order valence-electron chi connectivity index (χ2n) is 4.14. The van der Waals surface area contributed by atoms with Gasteiger partial charge in [-0.05, 0) is 18.6 Å². The highest BCUT2D eigenvalue weighted by molar-refractivity contribution is 7.14. The lowest BCUT2D eigenvalue weighted by Gasteiger charge is -2.20. The Hall–Kier alpha value is -2.08. The second-order valence-corrected chi connectivity index (χ2v) is 4.98. The third kappa shape index (κ3) is 2.26. The molecule has 0 saturated carbocycles. The van der Waals surface area contributed by atoms with E-state index in [9.17, 15) is 4.79 Å². The van der Waals surface area contributed by atoms with Crippen LogP contribution in [0.3, 0.4) is 0 Å². The minimum absolute atomic E-state index is 0.0858. The number of hydrogen-bond donors (Lipinski definition) is 1. The molecule has 19 heavy (non-hydrogen) atoms. The molecule has 5 nitrogen and oxygen atoms in total. The second kappa shape index (κ2) is 4.89. The van der Waals surface area contributed by atoms with Crippen LogP contribution >= 0.6 is 11.3 Å². The molecular formula is C13H12N2O3S. The first-order valence-corrected chi connectivity index (χ1v) is 6.82. The fourth-order valence-electron chi connectivity index (χ4n) is 2.01. The summed E-state index contributed by atoms with van der Waals surface area (Å²) in [6.07, 6.45) is 0.872. The van der Waals surface area contributed by atoms with E-state index in [0.717, 1.165) is 24.4 Å². The van der Waals surface area contributed by atoms with Gasteiger partial charge in [-0.1, -0.05) is 12.1 Å². The van der Waals surface area contributed by atoms with Crippen LogP contribution in [-0.4, -0.2) is 29.2 Å². The van der Waals surface area contributed by atoms with E-state index in [2.05, 4.69) is 4.98 Å². The normalized spacial score (nSPS) is 14.4. The van der Waals surface area contributed by atoms with Crippen LogP contribution in [0.1, 0.15) is 16.9 Å². The number of para-hydroxylation sites is 2. The van der Waals surface area contributed by atoms with Crippen LogP contribution in [0, 0.1) is 0 Å². The largest absolute Gasteiger partial charge is 0.491 e. The first-order valence-electron chi connectivity index (χ1n) is 5.94. The van der Waals surface area contributed by atoms with Crippen molar-refractivity contribution >= 4 is 28.1 Å². The molecule has 6 heteroatoms. The van der Waals surface area contributed by atoms with Gasteiger partial charge in [0, 0.05) is 11.9 Å². The molecule has 0 spiro atoms. The zero-order chi connectivity index (χ0) is 13.2. The lowest BCUT2D eigenvalue weighted by molar-refractivity contribution is 0.0691. The van der Waals surface area contributed by atoms with Gasteiger partial charge in [0.25, 0.3) is 0 Å². The summed E-state index contributed by atoms with van der Waals surface area (Å²) in [5, 5.41) is 11.2. The number of thiazole rings is 1. The zero-order valence-electron chi connectivity index (χ0n) is 10.1. The Kier molecular flexibility index (Phi) is 3.08. The average Bonchev–Trinajstić information content (AvgIpc) is 2.80. The molecule has 1 N–H and O–H groups in total. The Morgan fingerprint density at radius 2 is 2.26 bits per heavy atom. The quantitative estimate of drug-likeness (QED) is 0.913. The average molecular weight is 276 g/mol. The Labute approximate surface area is 114 Å². The van der Waals surface area contributed by atoms with E-state index in [4.69, 9.17) is 9.84 Å². The molecular weight excluding hydrogens is 264 g/mol. The van der Waals surface area contributed by atoms with Crippen molar-refractivity contribution in [3.05, 3.63) is 35.3 Å². The number of anilines is 2. The van der Waals surface area contributed by atoms with Gasteiger partial charge >= 0.3 is 5.97 Å². The predicted molar refractivity (Wildman–Crippen MR) is 72.6 cm³/mol. The summed E-state index contributed by atoms with van der Waals surface area (Å²) in [7, 11) is 0. The first kappa shape index (κ1) is 12.0. The topological polar surface area (TPSA) is 62.7 Å². The van der Waals surface area contributed by atoms with Crippen molar-refractivity contribution in [1.29, 1.82) is 0 Å². The molecule has 1 aromatic carbocycles. The molecule has 3 rings (SSSR count). The maximum Gasteiger partial charge on any atom is 0.355 e. The molecule has 2 aromatic rings. The van der Waals surface area contributed by atoms with Crippen LogP contribution in [0.4, 0.5) is 10.8 Å². The van der Waals surface area contributed by atoms with E-state index in [0.29, 0.717) is 11.7 Å². The van der Waals surface area contributed by atoms with Gasteiger partial charge in [0.15, 0.2) is 10.8 Å². The van der Waals surface area contributed by atoms with Crippen LogP contribution in [-0.2, 0) is 0 Å². The Morgan fingerprint density at radius 3 is 3.05 bits per heavy atom. The number of carbonyl (C=O) groups is 1. The van der Waals surface area contributed by atoms with Gasteiger partial charge in [0.1, 0.15) is 5.75 Å². The summed E-state index contributed by atoms with van der Waals surface area (Å²) in [5.41, 5.74) is 1.02. The fraction of sp³-hybridized carbons (Fsp3) is 0.231. The highest BCUT2D eigenvalue weighted by Crippen LogP contribution is 2.36. The predicted octanol–water partition coefficient (Wildman–Crippen LogP) is 2.76. The van der Waals surface area contributed by atoms with Crippen molar-refractivity contribution in [2.45, 2.75) is 6.42 Å². The van der Waals surface area contributed by atoms with Gasteiger partial charge in [0.05, 0.1) is 12.3 Å². The number of benzene rings is 1. The van der Waals surface area contributed by atoms with E-state index in [1.807, 2.05) is 29.2 Å². The number of hydrogen-bond acceptors (Lipinski definition) is 5. The number of ether oxygens (including phenoxy) is 1. The van der Waals surface area contributed by atoms with Gasteiger partial charge < -0.3 is 14.7 Å². The molecule has 2 heterocycles. The molecule has 1 aliphatic rings. The molecule has 0 unspecified atom stereocenters. The molecule has 1 aromatic heterocycles. The van der Waals surface area contributed by atoms with Crippen LogP contribution in [0.5, 0.6) is 5.75 Å². The number of nitrogens with zero attached hydrogens (tertiary/aromatic N) is 2. The lowest BCUT2D eigenvalue weighted by atomic mass is 10.2. The van der Waals surface area contributed by atoms with Crippen molar-refractivity contribution in [3.63, 3.8) is 0 Å². The minimum atomic E-state index is -0.998. The van der Waals surface area contributed by atoms with Crippen molar-refractivity contribution in [2.75, 3.05) is 18.1 Å². The summed E-state index contributed by atoms with van der Waals surface area (Å²) >= 11 is 1.34. The summed E-state index contributed by atoms with van der Waals surface area (Å²) in [6.45, 7) is 1.42. The molecule has 1 aliphatic heterocycles. The highest BCUT2D eigenvalue weighted by Gasteiger charge is 2.21. The number of fused-ring (bicyclic) bond motifs is 1. The number of aromatic carboxylic acids is 1. The molecule has 0 atom stereocenters. The van der Waals surface area contributed by atoms with Crippen molar-refractivity contribution < 1.29 is 14.6 Å². The van der Waals surface area contributed by atoms with Gasteiger partial charge in [-0.15, -0.1) is 11.3 Å². The Morgan fingerprint density at radius 1 is 1.42 bits per heavy atom. The first-order chi connectivity index (χ1) is 9.25. The van der Waals surface area contributed by atoms with E-state index in [-0.39, 0.29) is 5.69 Å². The van der Waals surface area contributed by atoms with Gasteiger partial charge in [-0.3, -0.25) is 0 Å². The maximum absolute atomic E-state index is 10.9. The summed E-state index contributed by atoms with van der Waals surface area (Å²) in [4.78, 5) is 17.1. The van der Waals surface area contributed by atoms with E-state index < -0.39 is 5.97 Å².